The van der Waals surface area contributed by atoms with Crippen molar-refractivity contribution in [3.05, 3.63) is 11.7 Å². The summed E-state index contributed by atoms with van der Waals surface area (Å²) >= 11 is 0. The van der Waals surface area contributed by atoms with Gasteiger partial charge in [0.2, 0.25) is 5.89 Å². The minimum absolute atomic E-state index is 0.242. The topological polar surface area (TPSA) is 60.2 Å². The van der Waals surface area contributed by atoms with E-state index in [1.807, 2.05) is 6.92 Å². The van der Waals surface area contributed by atoms with Crippen LogP contribution in [0.3, 0.4) is 0 Å². The van der Waals surface area contributed by atoms with E-state index in [2.05, 4.69) is 29.3 Å². The summed E-state index contributed by atoms with van der Waals surface area (Å²) in [6.45, 7) is 8.22. The maximum Gasteiger partial charge on any atom is 0.227 e. The Morgan fingerprint density at radius 2 is 2.28 bits per heavy atom. The molecular weight excluding hydrogens is 230 g/mol. The van der Waals surface area contributed by atoms with E-state index in [4.69, 9.17) is 9.26 Å². The van der Waals surface area contributed by atoms with E-state index in [9.17, 15) is 0 Å². The molecule has 0 amide bonds. The fraction of sp³-hybridized carbons (Fsp3) is 0.846. The Hall–Kier alpha value is -0.940. The number of hydrogen-bond donors (Lipinski definition) is 1. The number of rotatable bonds is 4. The van der Waals surface area contributed by atoms with E-state index in [-0.39, 0.29) is 5.41 Å². The molecule has 2 heterocycles. The van der Waals surface area contributed by atoms with Gasteiger partial charge in [-0.25, -0.2) is 0 Å². The molecule has 5 nitrogen and oxygen atoms in total. The van der Waals surface area contributed by atoms with E-state index < -0.39 is 0 Å². The molecule has 1 aliphatic heterocycles. The van der Waals surface area contributed by atoms with Crippen molar-refractivity contribution in [1.29, 1.82) is 0 Å². The molecule has 0 radical (unpaired) electrons. The molecule has 0 aromatic carbocycles. The quantitative estimate of drug-likeness (QED) is 0.874. The number of nitrogens with zero attached hydrogens (tertiary/aromatic N) is 2. The highest BCUT2D eigenvalue weighted by Gasteiger charge is 2.58. The normalized spacial score (nSPS) is 33.2. The van der Waals surface area contributed by atoms with Crippen LogP contribution in [-0.4, -0.2) is 35.4 Å². The van der Waals surface area contributed by atoms with E-state index in [0.717, 1.165) is 25.5 Å². The second kappa shape index (κ2) is 4.31. The van der Waals surface area contributed by atoms with Crippen molar-refractivity contribution in [2.24, 2.45) is 11.3 Å². The third-order valence-electron chi connectivity index (χ3n) is 4.37. The Kier molecular flexibility index (Phi) is 2.90. The zero-order valence-electron chi connectivity index (χ0n) is 11.3. The molecule has 100 valence electrons. The maximum absolute atomic E-state index is 5.78. The first kappa shape index (κ1) is 12.1. The van der Waals surface area contributed by atoms with Gasteiger partial charge >= 0.3 is 0 Å². The van der Waals surface area contributed by atoms with Crippen molar-refractivity contribution in [3.8, 4) is 0 Å². The van der Waals surface area contributed by atoms with Gasteiger partial charge in [0.05, 0.1) is 6.10 Å². The number of nitrogens with one attached hydrogen (secondary N) is 1. The molecule has 1 N–H and O–H groups in total. The summed E-state index contributed by atoms with van der Waals surface area (Å²) in [6, 6.07) is 0.550. The van der Waals surface area contributed by atoms with E-state index in [1.54, 1.807) is 0 Å². The summed E-state index contributed by atoms with van der Waals surface area (Å²) in [5.74, 6) is 2.11. The van der Waals surface area contributed by atoms with Crippen LogP contribution < -0.4 is 5.32 Å². The second-order valence-electron chi connectivity index (χ2n) is 5.98. The van der Waals surface area contributed by atoms with Crippen LogP contribution in [0.5, 0.6) is 0 Å². The predicted molar refractivity (Wildman–Crippen MR) is 66.2 cm³/mol. The minimum Gasteiger partial charge on any atom is -0.377 e. The highest BCUT2D eigenvalue weighted by molar-refractivity contribution is 5.11. The SMILES string of the molecule is Cc1noc(CCNC2C3CCOC3C2(C)C)n1. The number of aryl methyl sites for hydroxylation is 1. The number of fused-ring (bicyclic) bond motifs is 1. The van der Waals surface area contributed by atoms with Crippen molar-refractivity contribution < 1.29 is 9.26 Å². The molecule has 2 aliphatic rings. The minimum atomic E-state index is 0.242. The molecule has 0 spiro atoms. The zero-order valence-corrected chi connectivity index (χ0v) is 11.3. The second-order valence-corrected chi connectivity index (χ2v) is 5.98. The Balaban J connectivity index is 1.51. The lowest BCUT2D eigenvalue weighted by molar-refractivity contribution is -0.112. The molecule has 3 atom stereocenters. The van der Waals surface area contributed by atoms with Gasteiger partial charge in [-0.2, -0.15) is 4.98 Å². The number of aromatic nitrogens is 2. The Morgan fingerprint density at radius 1 is 1.44 bits per heavy atom. The molecule has 1 saturated heterocycles. The Labute approximate surface area is 107 Å². The third-order valence-corrected chi connectivity index (χ3v) is 4.37. The van der Waals surface area contributed by atoms with E-state index in [1.165, 1.54) is 6.42 Å². The molecule has 3 unspecified atom stereocenters. The van der Waals surface area contributed by atoms with Crippen LogP contribution in [0.4, 0.5) is 0 Å². The van der Waals surface area contributed by atoms with Crippen LogP contribution in [0.2, 0.25) is 0 Å². The lowest BCUT2D eigenvalue weighted by Crippen LogP contribution is -2.66. The van der Waals surface area contributed by atoms with Gasteiger partial charge in [0, 0.05) is 36.9 Å². The summed E-state index contributed by atoms with van der Waals surface area (Å²) < 4.78 is 10.9. The van der Waals surface area contributed by atoms with Gasteiger partial charge in [0.25, 0.3) is 0 Å². The lowest BCUT2D eigenvalue weighted by atomic mass is 9.57. The highest BCUT2D eigenvalue weighted by atomic mass is 16.5. The largest absolute Gasteiger partial charge is 0.377 e. The predicted octanol–water partition coefficient (Wildman–Crippen LogP) is 1.32. The van der Waals surface area contributed by atoms with Crippen LogP contribution in [0.1, 0.15) is 32.0 Å². The average Bonchev–Trinajstić information content (AvgIpc) is 2.92. The molecule has 1 saturated carbocycles. The van der Waals surface area contributed by atoms with Crippen molar-refractivity contribution in [3.63, 3.8) is 0 Å². The van der Waals surface area contributed by atoms with Crippen molar-refractivity contribution in [1.82, 2.24) is 15.5 Å². The molecule has 5 heteroatoms. The lowest BCUT2D eigenvalue weighted by Gasteiger charge is -2.55. The van der Waals surface area contributed by atoms with Gasteiger partial charge in [-0.15, -0.1) is 0 Å². The summed E-state index contributed by atoms with van der Waals surface area (Å²) in [4.78, 5) is 4.21. The summed E-state index contributed by atoms with van der Waals surface area (Å²) in [7, 11) is 0. The first-order valence-electron chi connectivity index (χ1n) is 6.73. The average molecular weight is 251 g/mol. The molecule has 1 aromatic rings. The van der Waals surface area contributed by atoms with Crippen molar-refractivity contribution in [2.45, 2.75) is 45.8 Å². The summed E-state index contributed by atoms with van der Waals surface area (Å²) in [5.41, 5.74) is 0.242. The highest BCUT2D eigenvalue weighted by Crippen LogP contribution is 2.51. The smallest absolute Gasteiger partial charge is 0.227 e. The molecular formula is C13H21N3O2. The molecule has 2 fully saturated rings. The maximum atomic E-state index is 5.78. The molecule has 18 heavy (non-hydrogen) atoms. The first-order chi connectivity index (χ1) is 8.59. The number of ether oxygens (including phenoxy) is 1. The van der Waals surface area contributed by atoms with Crippen LogP contribution in [0.15, 0.2) is 4.52 Å². The van der Waals surface area contributed by atoms with Gasteiger partial charge in [0.1, 0.15) is 0 Å². The van der Waals surface area contributed by atoms with Crippen LogP contribution in [0, 0.1) is 18.3 Å². The van der Waals surface area contributed by atoms with E-state index in [0.29, 0.717) is 23.9 Å². The molecule has 1 aliphatic carbocycles. The third kappa shape index (κ3) is 1.86. The fourth-order valence-corrected chi connectivity index (χ4v) is 3.51. The fourth-order valence-electron chi connectivity index (χ4n) is 3.51. The van der Waals surface area contributed by atoms with Gasteiger partial charge < -0.3 is 14.6 Å². The van der Waals surface area contributed by atoms with Crippen LogP contribution >= 0.6 is 0 Å². The standard InChI is InChI=1S/C13H21N3O2/c1-8-15-10(18-16-8)4-6-14-11-9-5-7-17-12(9)13(11,2)3/h9,11-12,14H,4-7H2,1-3H3. The monoisotopic (exact) mass is 251 g/mol. The van der Waals surface area contributed by atoms with Gasteiger partial charge in [0.15, 0.2) is 5.82 Å². The molecule has 0 bridgehead atoms. The Morgan fingerprint density at radius 3 is 3.00 bits per heavy atom. The summed E-state index contributed by atoms with van der Waals surface area (Å²) in [6.07, 6.45) is 2.43. The van der Waals surface area contributed by atoms with Crippen molar-refractivity contribution >= 4 is 0 Å². The van der Waals surface area contributed by atoms with Crippen LogP contribution in [-0.2, 0) is 11.2 Å². The van der Waals surface area contributed by atoms with Crippen molar-refractivity contribution in [2.75, 3.05) is 13.2 Å². The Bertz CT molecular complexity index is 430. The van der Waals surface area contributed by atoms with Crippen LogP contribution in [0.25, 0.3) is 0 Å². The van der Waals surface area contributed by atoms with Gasteiger partial charge in [-0.3, -0.25) is 0 Å². The zero-order chi connectivity index (χ0) is 12.8. The molecule has 3 rings (SSSR count). The number of hydrogen-bond acceptors (Lipinski definition) is 5. The molecule has 1 aromatic heterocycles. The summed E-state index contributed by atoms with van der Waals surface area (Å²) in [5, 5.41) is 7.43. The first-order valence-corrected chi connectivity index (χ1v) is 6.73. The van der Waals surface area contributed by atoms with Gasteiger partial charge in [-0.05, 0) is 13.3 Å². The van der Waals surface area contributed by atoms with E-state index >= 15 is 0 Å². The van der Waals surface area contributed by atoms with Gasteiger partial charge in [-0.1, -0.05) is 19.0 Å².